The molecule has 26 heavy (non-hydrogen) atoms. The van der Waals surface area contributed by atoms with Gasteiger partial charge in [0.15, 0.2) is 5.82 Å². The largest absolute Gasteiger partial charge is 0.273 e. The Kier molecular flexibility index (Phi) is 3.72. The molecule has 1 fully saturated rings. The Bertz CT molecular complexity index is 960. The molecule has 1 unspecified atom stereocenters. The standard InChI is InChI=1S/C20H21N5O/c1-12-10-21-11-18(23-12)25-17-9-14(16-7-8-22-13(2)24-16)5-6-15(17)20(3,4)19(25)26/h5,7-11,15H,6H2,1-4H3. The van der Waals surface area contributed by atoms with Gasteiger partial charge in [-0.1, -0.05) is 19.9 Å². The van der Waals surface area contributed by atoms with Crippen molar-refractivity contribution in [2.45, 2.75) is 34.1 Å². The summed E-state index contributed by atoms with van der Waals surface area (Å²) in [6.07, 6.45) is 10.1. The first-order valence-corrected chi connectivity index (χ1v) is 8.73. The zero-order chi connectivity index (χ0) is 18.5. The van der Waals surface area contributed by atoms with Gasteiger partial charge in [-0.15, -0.1) is 0 Å². The van der Waals surface area contributed by atoms with Crippen LogP contribution in [0.2, 0.25) is 0 Å². The summed E-state index contributed by atoms with van der Waals surface area (Å²) in [5, 5.41) is 0. The predicted molar refractivity (Wildman–Crippen MR) is 99.0 cm³/mol. The number of rotatable bonds is 2. The second-order valence-corrected chi connectivity index (χ2v) is 7.39. The maximum absolute atomic E-state index is 13.2. The zero-order valence-electron chi connectivity index (χ0n) is 15.4. The maximum Gasteiger partial charge on any atom is 0.238 e. The molecule has 0 aromatic carbocycles. The SMILES string of the molecule is Cc1cncc(N2C(=O)C(C)(C)C3CC=C(c4ccnc(C)n4)C=C32)n1. The lowest BCUT2D eigenvalue weighted by Gasteiger charge is -2.25. The van der Waals surface area contributed by atoms with Crippen molar-refractivity contribution in [3.05, 3.63) is 59.7 Å². The van der Waals surface area contributed by atoms with Crippen molar-refractivity contribution < 1.29 is 4.79 Å². The molecule has 0 spiro atoms. The van der Waals surface area contributed by atoms with E-state index in [4.69, 9.17) is 0 Å². The van der Waals surface area contributed by atoms with Crippen molar-refractivity contribution in [1.29, 1.82) is 0 Å². The number of carbonyl (C=O) groups excluding carboxylic acids is 1. The quantitative estimate of drug-likeness (QED) is 0.834. The number of amides is 1. The molecule has 6 heteroatoms. The third-order valence-electron chi connectivity index (χ3n) is 5.16. The third kappa shape index (κ3) is 2.53. The molecule has 1 aliphatic heterocycles. The monoisotopic (exact) mass is 347 g/mol. The molecule has 6 nitrogen and oxygen atoms in total. The molecule has 1 atom stereocenters. The van der Waals surface area contributed by atoms with Crippen molar-refractivity contribution in [3.63, 3.8) is 0 Å². The van der Waals surface area contributed by atoms with Gasteiger partial charge >= 0.3 is 0 Å². The Hall–Kier alpha value is -2.89. The van der Waals surface area contributed by atoms with Gasteiger partial charge in [-0.25, -0.2) is 15.0 Å². The minimum atomic E-state index is -0.485. The Balaban J connectivity index is 1.82. The van der Waals surface area contributed by atoms with E-state index < -0.39 is 5.41 Å². The fraction of sp³-hybridized carbons (Fsp3) is 0.350. The smallest absolute Gasteiger partial charge is 0.238 e. The molecule has 0 N–H and O–H groups in total. The Labute approximate surface area is 152 Å². The first-order chi connectivity index (χ1) is 12.4. The Morgan fingerprint density at radius 1 is 1.19 bits per heavy atom. The normalized spacial score (nSPS) is 21.3. The number of anilines is 1. The van der Waals surface area contributed by atoms with Crippen LogP contribution in [-0.2, 0) is 4.79 Å². The number of allylic oxidation sites excluding steroid dienone is 4. The van der Waals surface area contributed by atoms with Gasteiger partial charge in [-0.05, 0) is 38.0 Å². The summed E-state index contributed by atoms with van der Waals surface area (Å²) >= 11 is 0. The molecule has 1 aliphatic carbocycles. The molecular formula is C20H21N5O. The lowest BCUT2D eigenvalue weighted by Crippen LogP contribution is -2.32. The molecule has 0 bridgehead atoms. The number of fused-ring (bicyclic) bond motifs is 1. The van der Waals surface area contributed by atoms with E-state index in [-0.39, 0.29) is 11.8 Å². The van der Waals surface area contributed by atoms with Crippen LogP contribution >= 0.6 is 0 Å². The van der Waals surface area contributed by atoms with Gasteiger partial charge in [-0.3, -0.25) is 14.7 Å². The first-order valence-electron chi connectivity index (χ1n) is 8.73. The predicted octanol–water partition coefficient (Wildman–Crippen LogP) is 3.24. The van der Waals surface area contributed by atoms with Crippen LogP contribution in [0, 0.1) is 25.2 Å². The third-order valence-corrected chi connectivity index (χ3v) is 5.16. The Morgan fingerprint density at radius 3 is 2.73 bits per heavy atom. The molecule has 1 saturated heterocycles. The molecule has 0 radical (unpaired) electrons. The van der Waals surface area contributed by atoms with Gasteiger partial charge in [0.2, 0.25) is 5.91 Å². The molecule has 0 saturated carbocycles. The highest BCUT2D eigenvalue weighted by atomic mass is 16.2. The van der Waals surface area contributed by atoms with Crippen molar-refractivity contribution in [2.75, 3.05) is 4.90 Å². The van der Waals surface area contributed by atoms with Gasteiger partial charge in [0.25, 0.3) is 0 Å². The van der Waals surface area contributed by atoms with E-state index in [1.165, 1.54) is 0 Å². The van der Waals surface area contributed by atoms with E-state index in [2.05, 4.69) is 32.1 Å². The van der Waals surface area contributed by atoms with Crippen molar-refractivity contribution in [3.8, 4) is 0 Å². The molecule has 1 amide bonds. The molecule has 4 rings (SSSR count). The first kappa shape index (κ1) is 16.6. The van der Waals surface area contributed by atoms with Gasteiger partial charge < -0.3 is 0 Å². The summed E-state index contributed by atoms with van der Waals surface area (Å²) < 4.78 is 0. The summed E-state index contributed by atoms with van der Waals surface area (Å²) in [7, 11) is 0. The number of aromatic nitrogens is 4. The van der Waals surface area contributed by atoms with E-state index in [9.17, 15) is 4.79 Å². The summed E-state index contributed by atoms with van der Waals surface area (Å²) in [6, 6.07) is 1.90. The maximum atomic E-state index is 13.2. The summed E-state index contributed by atoms with van der Waals surface area (Å²) in [4.78, 5) is 32.3. The van der Waals surface area contributed by atoms with Crippen molar-refractivity contribution in [2.24, 2.45) is 11.3 Å². The average Bonchev–Trinajstić information content (AvgIpc) is 2.81. The molecule has 2 aliphatic rings. The number of hydrogen-bond acceptors (Lipinski definition) is 5. The van der Waals surface area contributed by atoms with Crippen LogP contribution in [-0.4, -0.2) is 25.8 Å². The fourth-order valence-corrected chi connectivity index (χ4v) is 3.71. The second kappa shape index (κ2) is 5.83. The number of aryl methyl sites for hydroxylation is 2. The zero-order valence-corrected chi connectivity index (χ0v) is 15.4. The average molecular weight is 347 g/mol. The minimum Gasteiger partial charge on any atom is -0.273 e. The summed E-state index contributed by atoms with van der Waals surface area (Å²) in [5.41, 5.74) is 3.15. The van der Waals surface area contributed by atoms with Gasteiger partial charge in [-0.2, -0.15) is 0 Å². The van der Waals surface area contributed by atoms with Crippen molar-refractivity contribution >= 4 is 17.3 Å². The van der Waals surface area contributed by atoms with Crippen LogP contribution in [0.15, 0.2) is 42.5 Å². The topological polar surface area (TPSA) is 71.9 Å². The summed E-state index contributed by atoms with van der Waals surface area (Å²) in [6.45, 7) is 7.76. The van der Waals surface area contributed by atoms with Gasteiger partial charge in [0.05, 0.1) is 23.0 Å². The number of hydrogen-bond donors (Lipinski definition) is 0. The summed E-state index contributed by atoms with van der Waals surface area (Å²) in [5.74, 6) is 1.48. The van der Waals surface area contributed by atoms with E-state index >= 15 is 0 Å². The highest BCUT2D eigenvalue weighted by Crippen LogP contribution is 2.49. The lowest BCUT2D eigenvalue weighted by molar-refractivity contribution is -0.125. The Morgan fingerprint density at radius 2 is 2.00 bits per heavy atom. The van der Waals surface area contributed by atoms with E-state index in [1.807, 2.05) is 33.8 Å². The van der Waals surface area contributed by atoms with Crippen LogP contribution < -0.4 is 4.90 Å². The van der Waals surface area contributed by atoms with Crippen molar-refractivity contribution in [1.82, 2.24) is 19.9 Å². The van der Waals surface area contributed by atoms with Crippen LogP contribution in [0.1, 0.15) is 37.5 Å². The van der Waals surface area contributed by atoms with E-state index in [0.717, 1.165) is 34.9 Å². The molecule has 2 aromatic heterocycles. The fourth-order valence-electron chi connectivity index (χ4n) is 3.71. The number of carbonyl (C=O) groups is 1. The minimum absolute atomic E-state index is 0.0576. The van der Waals surface area contributed by atoms with E-state index in [1.54, 1.807) is 23.5 Å². The molecular weight excluding hydrogens is 326 g/mol. The lowest BCUT2D eigenvalue weighted by atomic mass is 9.76. The highest BCUT2D eigenvalue weighted by molar-refractivity contribution is 6.04. The molecule has 2 aromatic rings. The van der Waals surface area contributed by atoms with Gasteiger partial charge in [0.1, 0.15) is 5.82 Å². The van der Waals surface area contributed by atoms with Crippen LogP contribution in [0.4, 0.5) is 5.82 Å². The highest BCUT2D eigenvalue weighted by Gasteiger charge is 2.52. The van der Waals surface area contributed by atoms with Crippen LogP contribution in [0.3, 0.4) is 0 Å². The van der Waals surface area contributed by atoms with Crippen LogP contribution in [0.25, 0.3) is 5.57 Å². The molecule has 3 heterocycles. The van der Waals surface area contributed by atoms with Gasteiger partial charge in [0, 0.05) is 24.0 Å². The molecule has 132 valence electrons. The van der Waals surface area contributed by atoms with E-state index in [0.29, 0.717) is 5.82 Å². The van der Waals surface area contributed by atoms with Crippen LogP contribution in [0.5, 0.6) is 0 Å². The number of nitrogens with zero attached hydrogens (tertiary/aromatic N) is 5. The second-order valence-electron chi connectivity index (χ2n) is 7.39.